The second kappa shape index (κ2) is 5.83. The van der Waals surface area contributed by atoms with Crippen LogP contribution in [0.15, 0.2) is 16.3 Å². The number of carboxylic acids is 1. The van der Waals surface area contributed by atoms with Gasteiger partial charge in [0.05, 0.1) is 0 Å². The second-order valence-electron chi connectivity index (χ2n) is 5.09. The average Bonchev–Trinajstić information content (AvgIpc) is 2.87. The molecule has 0 aliphatic carbocycles. The Hall–Kier alpha value is -0.920. The number of sulfonamides is 1. The predicted octanol–water partition coefficient (Wildman–Crippen LogP) is 2.18. The van der Waals surface area contributed by atoms with Crippen LogP contribution in [0.3, 0.4) is 0 Å². The first-order valence-corrected chi connectivity index (χ1v) is 8.97. The summed E-state index contributed by atoms with van der Waals surface area (Å²) in [5, 5.41) is 9.34. The summed E-state index contributed by atoms with van der Waals surface area (Å²) in [6, 6.07) is 2.42. The molecule has 20 heavy (non-hydrogen) atoms. The third-order valence-electron chi connectivity index (χ3n) is 3.69. The van der Waals surface area contributed by atoms with Crippen LogP contribution in [0.2, 0.25) is 0 Å². The summed E-state index contributed by atoms with van der Waals surface area (Å²) in [6.45, 7) is 4.04. The van der Waals surface area contributed by atoms with Crippen LogP contribution in [0.4, 0.5) is 0 Å². The summed E-state index contributed by atoms with van der Waals surface area (Å²) >= 11 is 1.23. The van der Waals surface area contributed by atoms with Gasteiger partial charge in [-0.2, -0.15) is 4.31 Å². The minimum atomic E-state index is -3.71. The van der Waals surface area contributed by atoms with Crippen LogP contribution in [0.1, 0.15) is 31.6 Å². The van der Waals surface area contributed by atoms with Crippen molar-refractivity contribution >= 4 is 27.3 Å². The van der Waals surface area contributed by atoms with E-state index in [0.29, 0.717) is 6.42 Å². The largest absolute Gasteiger partial charge is 0.480 e. The molecule has 2 rings (SSSR count). The standard InChI is InChI=1S/C13H19NO4S2/c1-3-10-6-7-11(19-10)20(17,18)14-8-4-5-9(2)12(14)13(15)16/h6-7,9,12H,3-5,8H2,1-2H3,(H,15,16). The molecule has 2 atom stereocenters. The van der Waals surface area contributed by atoms with Crippen molar-refractivity contribution in [3.05, 3.63) is 17.0 Å². The van der Waals surface area contributed by atoms with Gasteiger partial charge in [-0.25, -0.2) is 8.42 Å². The maximum absolute atomic E-state index is 12.6. The summed E-state index contributed by atoms with van der Waals surface area (Å²) < 4.78 is 26.7. The topological polar surface area (TPSA) is 74.7 Å². The normalized spacial score (nSPS) is 24.7. The van der Waals surface area contributed by atoms with Gasteiger partial charge in [-0.1, -0.05) is 13.8 Å². The van der Waals surface area contributed by atoms with Gasteiger partial charge in [0.25, 0.3) is 10.0 Å². The Morgan fingerprint density at radius 2 is 2.20 bits per heavy atom. The van der Waals surface area contributed by atoms with Crippen LogP contribution < -0.4 is 0 Å². The van der Waals surface area contributed by atoms with Gasteiger partial charge in [0, 0.05) is 11.4 Å². The van der Waals surface area contributed by atoms with Gasteiger partial charge in [0.15, 0.2) is 0 Å². The molecule has 2 unspecified atom stereocenters. The van der Waals surface area contributed by atoms with Crippen molar-refractivity contribution in [1.29, 1.82) is 0 Å². The first-order chi connectivity index (χ1) is 9.37. The van der Waals surface area contributed by atoms with Crippen LogP contribution in [-0.4, -0.2) is 36.4 Å². The molecule has 1 fully saturated rings. The first kappa shape index (κ1) is 15.5. The van der Waals surface area contributed by atoms with Crippen LogP contribution in [0, 0.1) is 5.92 Å². The van der Waals surface area contributed by atoms with E-state index < -0.39 is 22.0 Å². The lowest BCUT2D eigenvalue weighted by atomic mass is 9.93. The molecule has 0 aromatic carbocycles. The lowest BCUT2D eigenvalue weighted by Gasteiger charge is -2.35. The van der Waals surface area contributed by atoms with Crippen LogP contribution >= 0.6 is 11.3 Å². The van der Waals surface area contributed by atoms with Crippen molar-refractivity contribution in [1.82, 2.24) is 4.31 Å². The fraction of sp³-hybridized carbons (Fsp3) is 0.615. The van der Waals surface area contributed by atoms with E-state index in [0.717, 1.165) is 22.0 Å². The molecule has 112 valence electrons. The number of carbonyl (C=O) groups is 1. The highest BCUT2D eigenvalue weighted by atomic mass is 32.2. The third kappa shape index (κ3) is 2.75. The van der Waals surface area contributed by atoms with Crippen molar-refractivity contribution in [2.24, 2.45) is 5.92 Å². The number of hydrogen-bond donors (Lipinski definition) is 1. The lowest BCUT2D eigenvalue weighted by Crippen LogP contribution is -2.51. The molecule has 1 aliphatic rings. The third-order valence-corrected chi connectivity index (χ3v) is 7.27. The zero-order chi connectivity index (χ0) is 14.9. The van der Waals surface area contributed by atoms with Crippen molar-refractivity contribution in [3.63, 3.8) is 0 Å². The van der Waals surface area contributed by atoms with E-state index in [-0.39, 0.29) is 16.7 Å². The number of piperidine rings is 1. The summed E-state index contributed by atoms with van der Waals surface area (Å²) in [5.74, 6) is -1.23. The highest BCUT2D eigenvalue weighted by molar-refractivity contribution is 7.91. The Bertz CT molecular complexity index is 593. The van der Waals surface area contributed by atoms with Crippen LogP contribution in [0.25, 0.3) is 0 Å². The summed E-state index contributed by atoms with van der Waals surface area (Å²) in [7, 11) is -3.71. The molecule has 1 aromatic rings. The molecule has 0 spiro atoms. The van der Waals surface area contributed by atoms with Crippen molar-refractivity contribution in [3.8, 4) is 0 Å². The number of aryl methyl sites for hydroxylation is 1. The summed E-state index contributed by atoms with van der Waals surface area (Å²) in [4.78, 5) is 12.4. The Morgan fingerprint density at radius 1 is 1.50 bits per heavy atom. The van der Waals surface area contributed by atoms with Gasteiger partial charge >= 0.3 is 5.97 Å². The fourth-order valence-corrected chi connectivity index (χ4v) is 5.73. The van der Waals surface area contributed by atoms with Gasteiger partial charge in [-0.05, 0) is 37.3 Å². The number of thiophene rings is 1. The average molecular weight is 317 g/mol. The number of aliphatic carboxylic acids is 1. The minimum Gasteiger partial charge on any atom is -0.480 e. The minimum absolute atomic E-state index is 0.165. The molecule has 1 aromatic heterocycles. The van der Waals surface area contributed by atoms with Gasteiger partial charge in [0.2, 0.25) is 0 Å². The molecule has 7 heteroatoms. The molecular formula is C13H19NO4S2. The van der Waals surface area contributed by atoms with Gasteiger partial charge in [-0.15, -0.1) is 11.3 Å². The number of nitrogens with zero attached hydrogens (tertiary/aromatic N) is 1. The number of rotatable bonds is 4. The monoisotopic (exact) mass is 317 g/mol. The molecular weight excluding hydrogens is 298 g/mol. The molecule has 2 heterocycles. The molecule has 0 radical (unpaired) electrons. The van der Waals surface area contributed by atoms with E-state index in [4.69, 9.17) is 0 Å². The molecule has 0 amide bonds. The van der Waals surface area contributed by atoms with E-state index in [2.05, 4.69) is 0 Å². The fourth-order valence-electron chi connectivity index (χ4n) is 2.59. The van der Waals surface area contributed by atoms with Gasteiger partial charge in [0.1, 0.15) is 10.3 Å². The van der Waals surface area contributed by atoms with Crippen molar-refractivity contribution < 1.29 is 18.3 Å². The molecule has 0 saturated carbocycles. The maximum atomic E-state index is 12.6. The van der Waals surface area contributed by atoms with Gasteiger partial charge in [-0.3, -0.25) is 4.79 Å². The Labute approximate surface area is 123 Å². The lowest BCUT2D eigenvalue weighted by molar-refractivity contribution is -0.144. The Morgan fingerprint density at radius 3 is 2.75 bits per heavy atom. The molecule has 1 saturated heterocycles. The SMILES string of the molecule is CCc1ccc(S(=O)(=O)N2CCCC(C)C2C(=O)O)s1. The van der Waals surface area contributed by atoms with E-state index >= 15 is 0 Å². The van der Waals surface area contributed by atoms with Gasteiger partial charge < -0.3 is 5.11 Å². The van der Waals surface area contributed by atoms with E-state index in [9.17, 15) is 18.3 Å². The molecule has 1 aliphatic heterocycles. The molecule has 1 N–H and O–H groups in total. The van der Waals surface area contributed by atoms with E-state index in [1.165, 1.54) is 11.3 Å². The predicted molar refractivity (Wildman–Crippen MR) is 77.4 cm³/mol. The Kier molecular flexibility index (Phi) is 4.51. The Balaban J connectivity index is 2.38. The van der Waals surface area contributed by atoms with Crippen LogP contribution in [0.5, 0.6) is 0 Å². The zero-order valence-corrected chi connectivity index (χ0v) is 13.2. The van der Waals surface area contributed by atoms with Crippen molar-refractivity contribution in [2.45, 2.75) is 43.4 Å². The molecule has 5 nitrogen and oxygen atoms in total. The quantitative estimate of drug-likeness (QED) is 0.923. The van der Waals surface area contributed by atoms with E-state index in [1.807, 2.05) is 6.92 Å². The number of hydrogen-bond acceptors (Lipinski definition) is 4. The maximum Gasteiger partial charge on any atom is 0.322 e. The highest BCUT2D eigenvalue weighted by Crippen LogP contribution is 2.32. The summed E-state index contributed by atoms with van der Waals surface area (Å²) in [5.41, 5.74) is 0. The van der Waals surface area contributed by atoms with Crippen LogP contribution in [-0.2, 0) is 21.2 Å². The highest BCUT2D eigenvalue weighted by Gasteiger charge is 2.42. The van der Waals surface area contributed by atoms with Crippen molar-refractivity contribution in [2.75, 3.05) is 6.54 Å². The summed E-state index contributed by atoms with van der Waals surface area (Å²) in [6.07, 6.45) is 2.22. The number of carboxylic acid groups (broad SMARTS) is 1. The van der Waals surface area contributed by atoms with E-state index in [1.54, 1.807) is 19.1 Å². The second-order valence-corrected chi connectivity index (χ2v) is 8.38. The zero-order valence-electron chi connectivity index (χ0n) is 11.6. The smallest absolute Gasteiger partial charge is 0.322 e. The molecule has 0 bridgehead atoms. The first-order valence-electron chi connectivity index (χ1n) is 6.71.